The van der Waals surface area contributed by atoms with E-state index in [2.05, 4.69) is 10.00 Å². The number of hydrogen-bond donors (Lipinski definition) is 0. The molecule has 1 atom stereocenters. The van der Waals surface area contributed by atoms with E-state index in [-0.39, 0.29) is 5.78 Å². The molecule has 1 aliphatic rings. The van der Waals surface area contributed by atoms with Crippen molar-refractivity contribution >= 4 is 17.4 Å². The molecule has 0 bridgehead atoms. The third kappa shape index (κ3) is 2.11. The number of carbonyl (C=O) groups is 1. The van der Waals surface area contributed by atoms with Crippen LogP contribution in [0.4, 0.5) is 0 Å². The molecule has 2 rings (SSSR count). The van der Waals surface area contributed by atoms with E-state index in [1.54, 1.807) is 7.05 Å². The molecule has 1 fully saturated rings. The minimum absolute atomic E-state index is 0.100. The fraction of sp³-hybridized carbons (Fsp3) is 0.600. The molecule has 0 aliphatic carbocycles. The van der Waals surface area contributed by atoms with Gasteiger partial charge in [0.1, 0.15) is 11.8 Å². The lowest BCUT2D eigenvalue weighted by Crippen LogP contribution is -2.44. The number of likely N-dealkylation sites (N-methyl/N-ethyl adjacent to an activating group) is 1. The fourth-order valence-electron chi connectivity index (χ4n) is 1.78. The normalized spacial score (nSPS) is 22.3. The molecule has 0 saturated carbocycles. The summed E-state index contributed by atoms with van der Waals surface area (Å²) in [6.45, 7) is 2.02. The lowest BCUT2D eigenvalue weighted by molar-refractivity contribution is -0.00911. The monoisotopic (exact) mass is 243 g/mol. The number of ketones is 1. The molecular formula is C10H14ClN3O2. The summed E-state index contributed by atoms with van der Waals surface area (Å²) in [6.07, 6.45) is 1.04. The summed E-state index contributed by atoms with van der Waals surface area (Å²) in [4.78, 5) is 14.2. The predicted octanol–water partition coefficient (Wildman–Crippen LogP) is 0.587. The van der Waals surface area contributed by atoms with Gasteiger partial charge in [0.25, 0.3) is 0 Å². The van der Waals surface area contributed by atoms with E-state index in [0.29, 0.717) is 23.9 Å². The van der Waals surface area contributed by atoms with Crippen molar-refractivity contribution in [2.75, 3.05) is 26.7 Å². The van der Waals surface area contributed by atoms with Gasteiger partial charge in [-0.1, -0.05) is 11.6 Å². The highest BCUT2D eigenvalue weighted by Gasteiger charge is 2.29. The minimum Gasteiger partial charge on any atom is -0.367 e. The Morgan fingerprint density at radius 2 is 2.38 bits per heavy atom. The smallest absolute Gasteiger partial charge is 0.212 e. The van der Waals surface area contributed by atoms with Crippen LogP contribution >= 0.6 is 11.6 Å². The number of hydrogen-bond acceptors (Lipinski definition) is 4. The number of Topliss-reactive ketones (excluding diaryl/α,β-unsaturated/α-hetero) is 1. The van der Waals surface area contributed by atoms with Gasteiger partial charge >= 0.3 is 0 Å². The maximum atomic E-state index is 12.2. The van der Waals surface area contributed by atoms with Crippen LogP contribution in [0, 0.1) is 0 Å². The summed E-state index contributed by atoms with van der Waals surface area (Å²) in [5.74, 6) is -0.100. The fourth-order valence-corrected chi connectivity index (χ4v) is 2.04. The summed E-state index contributed by atoms with van der Waals surface area (Å²) in [5, 5.41) is 4.32. The Labute approximate surface area is 98.9 Å². The summed E-state index contributed by atoms with van der Waals surface area (Å²) in [5.41, 5.74) is 0.418. The van der Waals surface area contributed by atoms with Gasteiger partial charge in [-0.25, -0.2) is 0 Å². The van der Waals surface area contributed by atoms with Gasteiger partial charge in [-0.3, -0.25) is 9.48 Å². The molecule has 1 aromatic rings. The van der Waals surface area contributed by atoms with Crippen LogP contribution in [-0.2, 0) is 11.8 Å². The Morgan fingerprint density at radius 1 is 1.62 bits per heavy atom. The molecule has 16 heavy (non-hydrogen) atoms. The van der Waals surface area contributed by atoms with Crippen molar-refractivity contribution in [3.63, 3.8) is 0 Å². The highest BCUT2D eigenvalue weighted by Crippen LogP contribution is 2.18. The van der Waals surface area contributed by atoms with Gasteiger partial charge in [0.15, 0.2) is 0 Å². The summed E-state index contributed by atoms with van der Waals surface area (Å²) >= 11 is 5.92. The van der Waals surface area contributed by atoms with Gasteiger partial charge in [-0.15, -0.1) is 0 Å². The molecule has 1 saturated heterocycles. The average molecular weight is 244 g/mol. The highest BCUT2D eigenvalue weighted by molar-refractivity contribution is 6.33. The van der Waals surface area contributed by atoms with Crippen LogP contribution in [0.1, 0.15) is 10.5 Å². The molecule has 1 unspecified atom stereocenters. The van der Waals surface area contributed by atoms with Crippen molar-refractivity contribution in [2.45, 2.75) is 6.10 Å². The van der Waals surface area contributed by atoms with Gasteiger partial charge in [0.2, 0.25) is 5.78 Å². The molecule has 1 aromatic heterocycles. The standard InChI is InChI=1S/C10H14ClN3O2/c1-13-3-4-16-8(6-13)10(15)9-7(11)5-12-14(9)2/h5,8H,3-4,6H2,1-2H3. The first-order valence-corrected chi connectivity index (χ1v) is 5.49. The van der Waals surface area contributed by atoms with Crippen LogP contribution in [0.3, 0.4) is 0 Å². The van der Waals surface area contributed by atoms with Crippen molar-refractivity contribution < 1.29 is 9.53 Å². The number of morpholine rings is 1. The molecule has 6 heteroatoms. The molecular weight excluding hydrogens is 230 g/mol. The van der Waals surface area contributed by atoms with E-state index in [1.165, 1.54) is 10.9 Å². The molecule has 2 heterocycles. The van der Waals surface area contributed by atoms with Gasteiger partial charge in [-0.05, 0) is 7.05 Å². The first-order chi connectivity index (χ1) is 7.59. The van der Waals surface area contributed by atoms with Crippen LogP contribution < -0.4 is 0 Å². The zero-order chi connectivity index (χ0) is 11.7. The zero-order valence-corrected chi connectivity index (χ0v) is 10.1. The van der Waals surface area contributed by atoms with Crippen LogP contribution in [0.25, 0.3) is 0 Å². The number of rotatable bonds is 2. The van der Waals surface area contributed by atoms with Gasteiger partial charge in [0, 0.05) is 20.1 Å². The first-order valence-electron chi connectivity index (χ1n) is 5.11. The molecule has 0 aromatic carbocycles. The van der Waals surface area contributed by atoms with Crippen LogP contribution in [0.5, 0.6) is 0 Å². The van der Waals surface area contributed by atoms with E-state index >= 15 is 0 Å². The number of halogens is 1. The van der Waals surface area contributed by atoms with Crippen molar-refractivity contribution in [3.8, 4) is 0 Å². The van der Waals surface area contributed by atoms with Crippen molar-refractivity contribution in [2.24, 2.45) is 7.05 Å². The van der Waals surface area contributed by atoms with E-state index in [0.717, 1.165) is 6.54 Å². The van der Waals surface area contributed by atoms with Crippen LogP contribution in [0.2, 0.25) is 5.02 Å². The van der Waals surface area contributed by atoms with Crippen LogP contribution in [0.15, 0.2) is 6.20 Å². The lowest BCUT2D eigenvalue weighted by Gasteiger charge is -2.28. The number of carbonyl (C=O) groups excluding carboxylic acids is 1. The van der Waals surface area contributed by atoms with E-state index in [4.69, 9.17) is 16.3 Å². The zero-order valence-electron chi connectivity index (χ0n) is 9.31. The van der Waals surface area contributed by atoms with E-state index < -0.39 is 6.10 Å². The van der Waals surface area contributed by atoms with Crippen molar-refractivity contribution in [1.29, 1.82) is 0 Å². The molecule has 5 nitrogen and oxygen atoms in total. The number of ether oxygens (including phenoxy) is 1. The van der Waals surface area contributed by atoms with Gasteiger partial charge in [0.05, 0.1) is 17.8 Å². The average Bonchev–Trinajstić information content (AvgIpc) is 2.58. The predicted molar refractivity (Wildman–Crippen MR) is 59.8 cm³/mol. The van der Waals surface area contributed by atoms with Gasteiger partial charge < -0.3 is 9.64 Å². The molecule has 0 N–H and O–H groups in total. The highest BCUT2D eigenvalue weighted by atomic mass is 35.5. The number of aryl methyl sites for hydroxylation is 1. The molecule has 88 valence electrons. The minimum atomic E-state index is -0.438. The topological polar surface area (TPSA) is 47.4 Å². The van der Waals surface area contributed by atoms with Crippen molar-refractivity contribution in [1.82, 2.24) is 14.7 Å². The third-order valence-electron chi connectivity index (χ3n) is 2.69. The SMILES string of the molecule is CN1CCOC(C(=O)c2c(Cl)cnn2C)C1. The van der Waals surface area contributed by atoms with E-state index in [9.17, 15) is 4.79 Å². The van der Waals surface area contributed by atoms with Gasteiger partial charge in [-0.2, -0.15) is 5.10 Å². The second-order valence-corrected chi connectivity index (χ2v) is 4.36. The Kier molecular flexibility index (Phi) is 3.28. The molecule has 0 spiro atoms. The maximum Gasteiger partial charge on any atom is 0.212 e. The molecule has 0 amide bonds. The van der Waals surface area contributed by atoms with Crippen LogP contribution in [-0.4, -0.2) is 53.3 Å². The molecule has 1 aliphatic heterocycles. The lowest BCUT2D eigenvalue weighted by atomic mass is 10.1. The second-order valence-electron chi connectivity index (χ2n) is 3.95. The summed E-state index contributed by atoms with van der Waals surface area (Å²) < 4.78 is 6.94. The van der Waals surface area contributed by atoms with E-state index in [1.807, 2.05) is 7.05 Å². The first kappa shape index (κ1) is 11.6. The quantitative estimate of drug-likeness (QED) is 0.714. The Bertz CT molecular complexity index is 385. The largest absolute Gasteiger partial charge is 0.367 e. The summed E-state index contributed by atoms with van der Waals surface area (Å²) in [7, 11) is 3.67. The number of aromatic nitrogens is 2. The third-order valence-corrected chi connectivity index (χ3v) is 2.97. The molecule has 0 radical (unpaired) electrons. The maximum absolute atomic E-state index is 12.2. The second kappa shape index (κ2) is 4.53. The Balaban J connectivity index is 2.18. The Hall–Kier alpha value is -0.910. The Morgan fingerprint density at radius 3 is 2.94 bits per heavy atom. The number of nitrogens with zero attached hydrogens (tertiary/aromatic N) is 3. The summed E-state index contributed by atoms with van der Waals surface area (Å²) in [6, 6.07) is 0. The van der Waals surface area contributed by atoms with Crippen molar-refractivity contribution in [3.05, 3.63) is 16.9 Å².